The number of fused-ring (bicyclic) bond motifs is 1. The number of aromatic nitrogens is 3. The zero-order chi connectivity index (χ0) is 19.8. The van der Waals surface area contributed by atoms with Gasteiger partial charge in [-0.3, -0.25) is 4.79 Å². The van der Waals surface area contributed by atoms with Gasteiger partial charge in [-0.05, 0) is 37.0 Å². The number of hydrogen-bond acceptors (Lipinski definition) is 3. The number of carbonyl (C=O) groups is 1. The summed E-state index contributed by atoms with van der Waals surface area (Å²) in [4.78, 5) is 20.0. The first kappa shape index (κ1) is 17.6. The van der Waals surface area contributed by atoms with Crippen molar-refractivity contribution >= 4 is 11.6 Å². The molecule has 0 bridgehead atoms. The summed E-state index contributed by atoms with van der Waals surface area (Å²) in [5, 5.41) is 4.51. The Morgan fingerprint density at radius 3 is 2.66 bits per heavy atom. The summed E-state index contributed by atoms with van der Waals surface area (Å²) in [7, 11) is 0. The van der Waals surface area contributed by atoms with Gasteiger partial charge in [0.15, 0.2) is 5.65 Å². The number of aryl methyl sites for hydroxylation is 1. The smallest absolute Gasteiger partial charge is 0.259 e. The third kappa shape index (κ3) is 2.99. The molecule has 29 heavy (non-hydrogen) atoms. The molecule has 0 radical (unpaired) electrons. The molecule has 2 aromatic heterocycles. The van der Waals surface area contributed by atoms with Crippen molar-refractivity contribution in [2.75, 3.05) is 6.54 Å². The van der Waals surface area contributed by atoms with E-state index in [2.05, 4.69) is 29.1 Å². The lowest BCUT2D eigenvalue weighted by Crippen LogP contribution is -2.31. The number of carbonyl (C=O) groups excluding carboxylic acids is 1. The van der Waals surface area contributed by atoms with E-state index in [4.69, 9.17) is 0 Å². The maximum absolute atomic E-state index is 13.5. The first-order chi connectivity index (χ1) is 14.2. The molecule has 1 atom stereocenters. The molecule has 5 nitrogen and oxygen atoms in total. The van der Waals surface area contributed by atoms with Gasteiger partial charge in [-0.15, -0.1) is 0 Å². The molecule has 0 aliphatic carbocycles. The van der Waals surface area contributed by atoms with E-state index >= 15 is 0 Å². The van der Waals surface area contributed by atoms with Gasteiger partial charge < -0.3 is 4.90 Å². The first-order valence-corrected chi connectivity index (χ1v) is 9.99. The summed E-state index contributed by atoms with van der Waals surface area (Å²) >= 11 is 0. The van der Waals surface area contributed by atoms with Crippen LogP contribution in [-0.4, -0.2) is 31.9 Å². The van der Waals surface area contributed by atoms with Gasteiger partial charge >= 0.3 is 0 Å². The zero-order valence-corrected chi connectivity index (χ0v) is 16.3. The van der Waals surface area contributed by atoms with E-state index in [9.17, 15) is 4.79 Å². The highest BCUT2D eigenvalue weighted by Gasteiger charge is 2.33. The number of rotatable bonds is 3. The summed E-state index contributed by atoms with van der Waals surface area (Å²) in [5.74, 6) is 0.00321. The minimum Gasteiger partial charge on any atom is -0.331 e. The van der Waals surface area contributed by atoms with Crippen LogP contribution in [0.2, 0.25) is 0 Å². The number of amides is 1. The van der Waals surface area contributed by atoms with Crippen LogP contribution in [0, 0.1) is 6.92 Å². The molecule has 2 aromatic carbocycles. The molecule has 1 amide bonds. The van der Waals surface area contributed by atoms with Crippen LogP contribution in [0.1, 0.15) is 40.4 Å². The van der Waals surface area contributed by atoms with Crippen molar-refractivity contribution in [2.24, 2.45) is 0 Å². The van der Waals surface area contributed by atoms with Crippen LogP contribution < -0.4 is 0 Å². The van der Waals surface area contributed by atoms with Crippen molar-refractivity contribution in [1.82, 2.24) is 19.5 Å². The fraction of sp³-hybridized carbons (Fsp3) is 0.208. The maximum atomic E-state index is 13.5. The van der Waals surface area contributed by atoms with Crippen molar-refractivity contribution in [3.63, 3.8) is 0 Å². The van der Waals surface area contributed by atoms with E-state index in [1.54, 1.807) is 16.9 Å². The fourth-order valence-electron chi connectivity index (χ4n) is 4.32. The Kier molecular flexibility index (Phi) is 4.35. The van der Waals surface area contributed by atoms with E-state index in [0.29, 0.717) is 11.2 Å². The monoisotopic (exact) mass is 382 g/mol. The lowest BCUT2D eigenvalue weighted by molar-refractivity contribution is 0.0737. The molecule has 0 spiro atoms. The molecule has 0 saturated carbocycles. The van der Waals surface area contributed by atoms with Gasteiger partial charge in [-0.1, -0.05) is 54.6 Å². The molecule has 5 rings (SSSR count). The van der Waals surface area contributed by atoms with Gasteiger partial charge in [0, 0.05) is 18.3 Å². The van der Waals surface area contributed by atoms with E-state index < -0.39 is 0 Å². The van der Waals surface area contributed by atoms with Crippen LogP contribution in [-0.2, 0) is 0 Å². The van der Waals surface area contributed by atoms with Gasteiger partial charge in [0.05, 0.1) is 17.9 Å². The van der Waals surface area contributed by atoms with E-state index in [0.717, 1.165) is 30.6 Å². The average molecular weight is 382 g/mol. The Labute approximate surface area is 169 Å². The zero-order valence-electron chi connectivity index (χ0n) is 16.3. The molecule has 1 aliphatic heterocycles. The largest absolute Gasteiger partial charge is 0.331 e. The van der Waals surface area contributed by atoms with Gasteiger partial charge in [-0.2, -0.15) is 5.10 Å². The molecule has 5 heteroatoms. The minimum absolute atomic E-state index is 0.00321. The molecule has 4 aromatic rings. The normalized spacial score (nSPS) is 16.4. The lowest BCUT2D eigenvalue weighted by Gasteiger charge is -2.26. The molecule has 1 aliphatic rings. The van der Waals surface area contributed by atoms with Crippen molar-refractivity contribution in [3.8, 4) is 11.3 Å². The molecule has 1 unspecified atom stereocenters. The van der Waals surface area contributed by atoms with E-state index in [-0.39, 0.29) is 11.9 Å². The van der Waals surface area contributed by atoms with Crippen molar-refractivity contribution in [1.29, 1.82) is 0 Å². The Morgan fingerprint density at radius 1 is 1.03 bits per heavy atom. The Bertz CT molecular complexity index is 1180. The minimum atomic E-state index is 0.00321. The molecule has 144 valence electrons. The predicted octanol–water partition coefficient (Wildman–Crippen LogP) is 4.68. The quantitative estimate of drug-likeness (QED) is 0.517. The second-order valence-corrected chi connectivity index (χ2v) is 7.50. The summed E-state index contributed by atoms with van der Waals surface area (Å²) in [6, 6.07) is 20.4. The number of benzene rings is 2. The maximum Gasteiger partial charge on any atom is 0.259 e. The number of hydrogen-bond donors (Lipinski definition) is 0. The Balaban J connectivity index is 1.54. The third-order valence-electron chi connectivity index (χ3n) is 5.76. The summed E-state index contributed by atoms with van der Waals surface area (Å²) in [6.45, 7) is 2.87. The second-order valence-electron chi connectivity index (χ2n) is 7.50. The van der Waals surface area contributed by atoms with Crippen molar-refractivity contribution in [2.45, 2.75) is 25.8 Å². The molecule has 0 N–H and O–H groups in total. The van der Waals surface area contributed by atoms with Crippen LogP contribution in [0.3, 0.4) is 0 Å². The standard InChI is InChI=1S/C24H22N4O/c1-17-8-5-6-11-19(17)22-12-7-15-27(22)24(29)20-16-26-28-21(13-14-25-23(20)28)18-9-3-2-4-10-18/h2-6,8-11,13-14,16,22H,7,12,15H2,1H3. The summed E-state index contributed by atoms with van der Waals surface area (Å²) in [5.41, 5.74) is 5.58. The van der Waals surface area contributed by atoms with Crippen LogP contribution in [0.25, 0.3) is 16.9 Å². The highest BCUT2D eigenvalue weighted by Crippen LogP contribution is 2.35. The van der Waals surface area contributed by atoms with Gasteiger partial charge in [0.1, 0.15) is 5.56 Å². The molecular formula is C24H22N4O. The number of likely N-dealkylation sites (tertiary alicyclic amines) is 1. The predicted molar refractivity (Wildman–Crippen MR) is 113 cm³/mol. The van der Waals surface area contributed by atoms with Crippen LogP contribution in [0.15, 0.2) is 73.1 Å². The Hall–Kier alpha value is -3.47. The molecular weight excluding hydrogens is 360 g/mol. The van der Waals surface area contributed by atoms with Crippen molar-refractivity contribution < 1.29 is 4.79 Å². The Morgan fingerprint density at radius 2 is 1.83 bits per heavy atom. The SMILES string of the molecule is Cc1ccccc1C1CCCN1C(=O)c1cnn2c(-c3ccccc3)ccnc12. The highest BCUT2D eigenvalue weighted by molar-refractivity contribution is 6.00. The van der Waals surface area contributed by atoms with Gasteiger partial charge in [0.2, 0.25) is 0 Å². The molecule has 3 heterocycles. The highest BCUT2D eigenvalue weighted by atomic mass is 16.2. The fourth-order valence-corrected chi connectivity index (χ4v) is 4.32. The lowest BCUT2D eigenvalue weighted by atomic mass is 9.99. The second kappa shape index (κ2) is 7.17. The van der Waals surface area contributed by atoms with Gasteiger partial charge in [-0.25, -0.2) is 9.50 Å². The van der Waals surface area contributed by atoms with Crippen LogP contribution in [0.5, 0.6) is 0 Å². The van der Waals surface area contributed by atoms with Crippen molar-refractivity contribution in [3.05, 3.63) is 89.7 Å². The molecule has 1 saturated heterocycles. The summed E-state index contributed by atoms with van der Waals surface area (Å²) in [6.07, 6.45) is 5.40. The van der Waals surface area contributed by atoms with E-state index in [1.807, 2.05) is 53.4 Å². The first-order valence-electron chi connectivity index (χ1n) is 9.99. The van der Waals surface area contributed by atoms with Crippen LogP contribution >= 0.6 is 0 Å². The van der Waals surface area contributed by atoms with E-state index in [1.165, 1.54) is 11.1 Å². The van der Waals surface area contributed by atoms with Gasteiger partial charge in [0.25, 0.3) is 5.91 Å². The van der Waals surface area contributed by atoms with Crippen LogP contribution in [0.4, 0.5) is 0 Å². The third-order valence-corrected chi connectivity index (χ3v) is 5.76. The number of nitrogens with zero attached hydrogens (tertiary/aromatic N) is 4. The molecule has 1 fully saturated rings. The topological polar surface area (TPSA) is 50.5 Å². The summed E-state index contributed by atoms with van der Waals surface area (Å²) < 4.78 is 1.77. The average Bonchev–Trinajstić information content (AvgIpc) is 3.41.